The molecule has 29 heavy (non-hydrogen) atoms. The zero-order valence-electron chi connectivity index (χ0n) is 15.4. The van der Waals surface area contributed by atoms with Gasteiger partial charge < -0.3 is 10.2 Å². The van der Waals surface area contributed by atoms with E-state index in [2.05, 4.69) is 19.9 Å². The van der Waals surface area contributed by atoms with E-state index in [9.17, 15) is 14.0 Å². The molecule has 1 saturated carbocycles. The third-order valence-corrected chi connectivity index (χ3v) is 5.13. The quantitative estimate of drug-likeness (QED) is 0.646. The van der Waals surface area contributed by atoms with Crippen LogP contribution in [0.3, 0.4) is 0 Å². The van der Waals surface area contributed by atoms with Crippen LogP contribution in [0, 0.1) is 5.82 Å². The van der Waals surface area contributed by atoms with Gasteiger partial charge in [0, 0.05) is 24.2 Å². The molecular formula is C20H18FN5O2S. The third-order valence-electron chi connectivity index (χ3n) is 4.63. The van der Waals surface area contributed by atoms with Crippen LogP contribution >= 0.6 is 11.5 Å². The van der Waals surface area contributed by atoms with E-state index < -0.39 is 6.04 Å². The molecule has 0 spiro atoms. The van der Waals surface area contributed by atoms with E-state index in [1.54, 1.807) is 46.8 Å². The monoisotopic (exact) mass is 411 g/mol. The van der Waals surface area contributed by atoms with Crippen LogP contribution in [-0.4, -0.2) is 37.3 Å². The van der Waals surface area contributed by atoms with Crippen LogP contribution in [0.5, 0.6) is 0 Å². The Morgan fingerprint density at radius 3 is 2.62 bits per heavy atom. The lowest BCUT2D eigenvalue weighted by molar-refractivity contribution is -0.126. The summed E-state index contributed by atoms with van der Waals surface area (Å²) >= 11 is 1.09. The molecule has 2 amide bonds. The molecule has 1 aliphatic carbocycles. The molecule has 1 aliphatic rings. The van der Waals surface area contributed by atoms with Gasteiger partial charge in [0.25, 0.3) is 5.91 Å². The van der Waals surface area contributed by atoms with Gasteiger partial charge in [-0.05, 0) is 54.2 Å². The summed E-state index contributed by atoms with van der Waals surface area (Å²) in [5, 5.41) is 8.30. The van der Waals surface area contributed by atoms with Crippen molar-refractivity contribution in [2.24, 2.45) is 0 Å². The SMILES string of the molecule is O=C(NCc1ccc(F)cc1)[C@@H](c1ccccn1)N(C(=O)c1csnn1)C1CC1. The van der Waals surface area contributed by atoms with Crippen LogP contribution in [-0.2, 0) is 11.3 Å². The van der Waals surface area contributed by atoms with Crippen LogP contribution in [0.25, 0.3) is 0 Å². The van der Waals surface area contributed by atoms with Crippen molar-refractivity contribution in [1.82, 2.24) is 24.8 Å². The van der Waals surface area contributed by atoms with Gasteiger partial charge in [-0.3, -0.25) is 14.6 Å². The van der Waals surface area contributed by atoms with Gasteiger partial charge in [0.15, 0.2) is 11.7 Å². The Bertz CT molecular complexity index is 978. The highest BCUT2D eigenvalue weighted by molar-refractivity contribution is 7.03. The number of nitrogens with zero attached hydrogens (tertiary/aromatic N) is 4. The second-order valence-corrected chi connectivity index (χ2v) is 7.34. The number of halogens is 1. The van der Waals surface area contributed by atoms with Crippen molar-refractivity contribution >= 4 is 23.3 Å². The van der Waals surface area contributed by atoms with E-state index in [0.29, 0.717) is 5.69 Å². The number of carbonyl (C=O) groups excluding carboxylic acids is 2. The van der Waals surface area contributed by atoms with Gasteiger partial charge in [0.05, 0.1) is 5.69 Å². The molecular weight excluding hydrogens is 393 g/mol. The summed E-state index contributed by atoms with van der Waals surface area (Å²) < 4.78 is 16.9. The highest BCUT2D eigenvalue weighted by Crippen LogP contribution is 2.35. The average Bonchev–Trinajstić information content (AvgIpc) is 3.43. The zero-order valence-corrected chi connectivity index (χ0v) is 16.2. The number of pyridine rings is 1. The Morgan fingerprint density at radius 1 is 1.21 bits per heavy atom. The third kappa shape index (κ3) is 4.45. The second kappa shape index (κ2) is 8.44. The molecule has 2 aromatic heterocycles. The number of nitrogens with one attached hydrogen (secondary N) is 1. The van der Waals surface area contributed by atoms with E-state index in [1.807, 2.05) is 0 Å². The number of amides is 2. The van der Waals surface area contributed by atoms with E-state index in [1.165, 1.54) is 12.1 Å². The first-order chi connectivity index (χ1) is 14.1. The Kier molecular flexibility index (Phi) is 5.57. The van der Waals surface area contributed by atoms with Gasteiger partial charge in [-0.25, -0.2) is 4.39 Å². The molecule has 148 valence electrons. The minimum absolute atomic E-state index is 0.0484. The zero-order chi connectivity index (χ0) is 20.2. The van der Waals surface area contributed by atoms with Crippen LogP contribution in [0.2, 0.25) is 0 Å². The van der Waals surface area contributed by atoms with Crippen molar-refractivity contribution in [3.8, 4) is 0 Å². The fourth-order valence-electron chi connectivity index (χ4n) is 3.07. The van der Waals surface area contributed by atoms with Crippen LogP contribution in [0.1, 0.15) is 40.6 Å². The molecule has 0 radical (unpaired) electrons. The Morgan fingerprint density at radius 2 is 2.00 bits per heavy atom. The first kappa shape index (κ1) is 19.1. The molecule has 0 saturated heterocycles. The van der Waals surface area contributed by atoms with Gasteiger partial charge in [-0.2, -0.15) is 0 Å². The largest absolute Gasteiger partial charge is 0.350 e. The molecule has 0 bridgehead atoms. The molecule has 1 atom stereocenters. The fraction of sp³-hybridized carbons (Fsp3) is 0.250. The molecule has 4 rings (SSSR count). The van der Waals surface area contributed by atoms with E-state index in [-0.39, 0.29) is 35.9 Å². The van der Waals surface area contributed by atoms with Crippen molar-refractivity contribution in [2.45, 2.75) is 31.5 Å². The number of aromatic nitrogens is 3. The van der Waals surface area contributed by atoms with Crippen LogP contribution < -0.4 is 5.32 Å². The molecule has 0 aliphatic heterocycles. The molecule has 1 aromatic carbocycles. The fourth-order valence-corrected chi connectivity index (χ4v) is 3.50. The summed E-state index contributed by atoms with van der Waals surface area (Å²) in [6.07, 6.45) is 3.23. The number of hydrogen-bond acceptors (Lipinski definition) is 6. The van der Waals surface area contributed by atoms with E-state index in [0.717, 1.165) is 29.9 Å². The van der Waals surface area contributed by atoms with E-state index in [4.69, 9.17) is 0 Å². The standard InChI is InChI=1S/C20H18FN5O2S/c21-14-6-4-13(5-7-14)11-23-19(27)18(16-3-1-2-10-22-16)26(15-8-9-15)20(28)17-12-29-25-24-17/h1-7,10,12,15,18H,8-9,11H2,(H,23,27)/t18-/m1/s1. The predicted molar refractivity (Wildman–Crippen MR) is 104 cm³/mol. The van der Waals surface area contributed by atoms with Crippen molar-refractivity contribution < 1.29 is 14.0 Å². The molecule has 1 N–H and O–H groups in total. The molecule has 0 unspecified atom stereocenters. The number of hydrogen-bond donors (Lipinski definition) is 1. The minimum Gasteiger partial charge on any atom is -0.350 e. The Labute approximate surface area is 170 Å². The van der Waals surface area contributed by atoms with Gasteiger partial charge in [-0.1, -0.05) is 22.7 Å². The topological polar surface area (TPSA) is 88.1 Å². The second-order valence-electron chi connectivity index (χ2n) is 6.74. The molecule has 9 heteroatoms. The first-order valence-electron chi connectivity index (χ1n) is 9.16. The lowest BCUT2D eigenvalue weighted by Crippen LogP contribution is -2.45. The highest BCUT2D eigenvalue weighted by atomic mass is 32.1. The number of rotatable bonds is 7. The van der Waals surface area contributed by atoms with Crippen molar-refractivity contribution in [3.05, 3.63) is 76.8 Å². The maximum Gasteiger partial charge on any atom is 0.276 e. The van der Waals surface area contributed by atoms with E-state index >= 15 is 0 Å². The molecule has 2 heterocycles. The average molecular weight is 411 g/mol. The maximum absolute atomic E-state index is 13.2. The van der Waals surface area contributed by atoms with Crippen molar-refractivity contribution in [3.63, 3.8) is 0 Å². The Hall–Kier alpha value is -3.20. The van der Waals surface area contributed by atoms with Crippen molar-refractivity contribution in [1.29, 1.82) is 0 Å². The van der Waals surface area contributed by atoms with Gasteiger partial charge in [-0.15, -0.1) is 5.10 Å². The summed E-state index contributed by atoms with van der Waals surface area (Å²) in [6.45, 7) is 0.216. The predicted octanol–water partition coefficient (Wildman–Crippen LogP) is 2.73. The molecule has 3 aromatic rings. The lowest BCUT2D eigenvalue weighted by Gasteiger charge is -2.30. The van der Waals surface area contributed by atoms with Gasteiger partial charge in [0.1, 0.15) is 5.82 Å². The lowest BCUT2D eigenvalue weighted by atomic mass is 10.1. The number of benzene rings is 1. The Balaban J connectivity index is 1.61. The first-order valence-corrected chi connectivity index (χ1v) is 10.00. The summed E-state index contributed by atoms with van der Waals surface area (Å²) in [6, 6.07) is 10.2. The van der Waals surface area contributed by atoms with Gasteiger partial charge in [0.2, 0.25) is 5.91 Å². The summed E-state index contributed by atoms with van der Waals surface area (Å²) in [5.74, 6) is -1.03. The minimum atomic E-state index is -0.890. The highest BCUT2D eigenvalue weighted by Gasteiger charge is 2.42. The molecule has 7 nitrogen and oxygen atoms in total. The van der Waals surface area contributed by atoms with Crippen molar-refractivity contribution in [2.75, 3.05) is 0 Å². The number of carbonyl (C=O) groups is 2. The summed E-state index contributed by atoms with van der Waals surface area (Å²) in [5.41, 5.74) is 1.45. The smallest absolute Gasteiger partial charge is 0.276 e. The van der Waals surface area contributed by atoms with Crippen LogP contribution in [0.15, 0.2) is 54.0 Å². The van der Waals surface area contributed by atoms with Gasteiger partial charge >= 0.3 is 0 Å². The summed E-state index contributed by atoms with van der Waals surface area (Å²) in [4.78, 5) is 32.2. The summed E-state index contributed by atoms with van der Waals surface area (Å²) in [7, 11) is 0. The molecule has 1 fully saturated rings. The normalized spacial score (nSPS) is 14.2. The van der Waals surface area contributed by atoms with Crippen LogP contribution in [0.4, 0.5) is 4.39 Å². The maximum atomic E-state index is 13.2.